The van der Waals surface area contributed by atoms with Crippen molar-refractivity contribution in [2.24, 2.45) is 0 Å². The van der Waals surface area contributed by atoms with Gasteiger partial charge in [0.2, 0.25) is 5.91 Å². The number of carbonyl (C=O) groups is 1. The zero-order chi connectivity index (χ0) is 26.8. The Balaban J connectivity index is 1.78. The van der Waals surface area contributed by atoms with Gasteiger partial charge in [-0.05, 0) is 84.7 Å². The third-order valence-electron chi connectivity index (χ3n) is 7.15. The molecule has 6 nitrogen and oxygen atoms in total. The van der Waals surface area contributed by atoms with Crippen LogP contribution in [0.2, 0.25) is 0 Å². The van der Waals surface area contributed by atoms with E-state index in [2.05, 4.69) is 15.5 Å². The molecule has 2 N–H and O–H groups in total. The largest absolute Gasteiger partial charge is 0.384 e. The molecule has 4 rings (SSSR count). The highest BCUT2D eigenvalue weighted by atomic mass is 19.3. The van der Waals surface area contributed by atoms with E-state index in [1.807, 2.05) is 58.6 Å². The number of halogens is 2. The van der Waals surface area contributed by atoms with Crippen LogP contribution < -0.4 is 10.2 Å². The van der Waals surface area contributed by atoms with Crippen LogP contribution in [0.5, 0.6) is 0 Å². The van der Waals surface area contributed by atoms with Crippen molar-refractivity contribution in [2.45, 2.75) is 84.4 Å². The lowest BCUT2D eigenvalue weighted by atomic mass is 9.85. The number of fused-ring (bicyclic) bond motifs is 2. The van der Waals surface area contributed by atoms with Crippen molar-refractivity contribution in [3.8, 4) is 0 Å². The Morgan fingerprint density at radius 2 is 1.72 bits per heavy atom. The van der Waals surface area contributed by atoms with Gasteiger partial charge in [0.1, 0.15) is 5.60 Å². The second-order valence-electron chi connectivity index (χ2n) is 11.1. The fraction of sp³-hybridized carbons (Fsp3) is 0.464. The molecule has 1 aliphatic rings. The topological polar surface area (TPSA) is 78.4 Å². The van der Waals surface area contributed by atoms with Gasteiger partial charge >= 0.3 is 5.92 Å². The molecule has 0 spiro atoms. The van der Waals surface area contributed by atoms with Crippen LogP contribution in [0.3, 0.4) is 0 Å². The summed E-state index contributed by atoms with van der Waals surface area (Å²) in [5.74, 6) is -2.86. The van der Waals surface area contributed by atoms with Gasteiger partial charge in [0.05, 0.1) is 17.2 Å². The highest BCUT2D eigenvalue weighted by Gasteiger charge is 2.47. The van der Waals surface area contributed by atoms with Crippen molar-refractivity contribution in [1.82, 2.24) is 10.2 Å². The molecule has 0 radical (unpaired) electrons. The molecule has 0 bridgehead atoms. The standard InChI is InChI=1S/C28H34F2N4O2/c1-15(2)34-23-14-21-20(13-22(23)26(5,6)25(34)35)17(4)32-33-24(21)31-16(3)18-10-9-11-19(12-18)28(29,30)27(7,8)36/h9-16,36H,1-8H3,(H,31,33)/t16-/m1/s1. The average Bonchev–Trinajstić information content (AvgIpc) is 2.99. The number of hydrogen-bond acceptors (Lipinski definition) is 5. The Morgan fingerprint density at radius 3 is 2.33 bits per heavy atom. The molecule has 8 heteroatoms. The Hall–Kier alpha value is -3.13. The molecular formula is C28H34F2N4O2. The van der Waals surface area contributed by atoms with Crippen molar-refractivity contribution in [1.29, 1.82) is 0 Å². The zero-order valence-corrected chi connectivity index (χ0v) is 22.1. The minimum Gasteiger partial charge on any atom is -0.384 e. The van der Waals surface area contributed by atoms with E-state index >= 15 is 0 Å². The van der Waals surface area contributed by atoms with Crippen molar-refractivity contribution >= 4 is 28.2 Å². The van der Waals surface area contributed by atoms with Crippen molar-refractivity contribution in [3.05, 3.63) is 58.8 Å². The van der Waals surface area contributed by atoms with E-state index < -0.39 is 16.9 Å². The molecule has 0 unspecified atom stereocenters. The molecule has 0 saturated carbocycles. The molecule has 2 heterocycles. The van der Waals surface area contributed by atoms with E-state index in [-0.39, 0.29) is 23.6 Å². The normalized spacial score (nSPS) is 16.6. The number of nitrogens with one attached hydrogen (secondary N) is 1. The van der Waals surface area contributed by atoms with E-state index in [1.165, 1.54) is 12.1 Å². The number of benzene rings is 2. The van der Waals surface area contributed by atoms with E-state index in [4.69, 9.17) is 0 Å². The molecule has 1 aliphatic heterocycles. The number of hydrogen-bond donors (Lipinski definition) is 2. The summed E-state index contributed by atoms with van der Waals surface area (Å²) in [5, 5.41) is 23.7. The van der Waals surface area contributed by atoms with Gasteiger partial charge in [0, 0.05) is 28.1 Å². The molecular weight excluding hydrogens is 462 g/mol. The second kappa shape index (κ2) is 8.47. The first-order chi connectivity index (χ1) is 16.6. The first-order valence-electron chi connectivity index (χ1n) is 12.2. The number of carbonyl (C=O) groups excluding carboxylic acids is 1. The maximum absolute atomic E-state index is 14.8. The maximum Gasteiger partial charge on any atom is 0.300 e. The summed E-state index contributed by atoms with van der Waals surface area (Å²) < 4.78 is 29.6. The van der Waals surface area contributed by atoms with Gasteiger partial charge in [-0.2, -0.15) is 13.9 Å². The summed E-state index contributed by atoms with van der Waals surface area (Å²) in [6.45, 7) is 13.8. The Labute approximate surface area is 210 Å². The van der Waals surface area contributed by atoms with Crippen LogP contribution in [0.4, 0.5) is 20.3 Å². The number of anilines is 2. The van der Waals surface area contributed by atoms with Crippen LogP contribution >= 0.6 is 0 Å². The lowest BCUT2D eigenvalue weighted by Crippen LogP contribution is -2.40. The molecule has 3 aromatic rings. The highest BCUT2D eigenvalue weighted by Crippen LogP contribution is 2.46. The predicted molar refractivity (Wildman–Crippen MR) is 139 cm³/mol. The molecule has 36 heavy (non-hydrogen) atoms. The van der Waals surface area contributed by atoms with Crippen LogP contribution in [0.25, 0.3) is 10.8 Å². The lowest BCUT2D eigenvalue weighted by Gasteiger charge is -2.30. The van der Waals surface area contributed by atoms with Crippen LogP contribution in [-0.4, -0.2) is 32.9 Å². The second-order valence-corrected chi connectivity index (χ2v) is 11.1. The van der Waals surface area contributed by atoms with Gasteiger partial charge in [-0.15, -0.1) is 5.10 Å². The molecule has 0 aliphatic carbocycles. The minimum atomic E-state index is -3.42. The molecule has 0 saturated heterocycles. The average molecular weight is 497 g/mol. The summed E-state index contributed by atoms with van der Waals surface area (Å²) in [6.07, 6.45) is 0. The quantitative estimate of drug-likeness (QED) is 0.437. The van der Waals surface area contributed by atoms with Gasteiger partial charge in [-0.25, -0.2) is 0 Å². The highest BCUT2D eigenvalue weighted by molar-refractivity contribution is 6.11. The Bertz CT molecular complexity index is 1350. The number of aromatic nitrogens is 2. The number of nitrogens with zero attached hydrogens (tertiary/aromatic N) is 3. The number of rotatable bonds is 6. The summed E-state index contributed by atoms with van der Waals surface area (Å²) in [5.41, 5.74) is 0.0444. The van der Waals surface area contributed by atoms with E-state index in [0.29, 0.717) is 11.4 Å². The monoisotopic (exact) mass is 496 g/mol. The Kier molecular flexibility index (Phi) is 6.11. The summed E-state index contributed by atoms with van der Waals surface area (Å²) >= 11 is 0. The van der Waals surface area contributed by atoms with Crippen molar-refractivity contribution in [3.63, 3.8) is 0 Å². The fourth-order valence-corrected chi connectivity index (χ4v) is 4.81. The van der Waals surface area contributed by atoms with E-state index in [9.17, 15) is 18.7 Å². The van der Waals surface area contributed by atoms with Crippen LogP contribution in [0.15, 0.2) is 36.4 Å². The zero-order valence-electron chi connectivity index (χ0n) is 22.1. The molecule has 0 fully saturated rings. The summed E-state index contributed by atoms with van der Waals surface area (Å²) in [6, 6.07) is 9.64. The van der Waals surface area contributed by atoms with Crippen molar-refractivity contribution in [2.75, 3.05) is 10.2 Å². The smallest absolute Gasteiger partial charge is 0.300 e. The molecule has 192 valence electrons. The van der Waals surface area contributed by atoms with Gasteiger partial charge in [0.25, 0.3) is 0 Å². The number of amides is 1. The molecule has 1 atom stereocenters. The van der Waals surface area contributed by atoms with Crippen LogP contribution in [0, 0.1) is 6.92 Å². The van der Waals surface area contributed by atoms with Gasteiger partial charge in [-0.1, -0.05) is 18.2 Å². The van der Waals surface area contributed by atoms with E-state index in [1.54, 1.807) is 12.1 Å². The molecule has 2 aromatic carbocycles. The van der Waals surface area contributed by atoms with Crippen LogP contribution in [-0.2, 0) is 16.1 Å². The molecule has 1 amide bonds. The lowest BCUT2D eigenvalue weighted by molar-refractivity contribution is -0.168. The number of aliphatic hydroxyl groups is 1. The third-order valence-corrected chi connectivity index (χ3v) is 7.15. The summed E-state index contributed by atoms with van der Waals surface area (Å²) in [7, 11) is 0. The summed E-state index contributed by atoms with van der Waals surface area (Å²) in [4.78, 5) is 15.0. The first-order valence-corrected chi connectivity index (χ1v) is 12.2. The minimum absolute atomic E-state index is 0.0121. The predicted octanol–water partition coefficient (Wildman–Crippen LogP) is 6.01. The van der Waals surface area contributed by atoms with E-state index in [0.717, 1.165) is 41.6 Å². The Morgan fingerprint density at radius 1 is 1.06 bits per heavy atom. The third kappa shape index (κ3) is 4.01. The fourth-order valence-electron chi connectivity index (χ4n) is 4.81. The maximum atomic E-state index is 14.8. The van der Waals surface area contributed by atoms with Crippen LogP contribution in [0.1, 0.15) is 76.9 Å². The number of alkyl halides is 2. The SMILES string of the molecule is Cc1nnc(N[C@H](C)c2cccc(C(F)(F)C(C)(C)O)c2)c2cc3c(cc12)C(C)(C)C(=O)N3C(C)C. The van der Waals surface area contributed by atoms with Gasteiger partial charge in [0.15, 0.2) is 5.82 Å². The van der Waals surface area contributed by atoms with Crippen molar-refractivity contribution < 1.29 is 18.7 Å². The molecule has 1 aromatic heterocycles. The van der Waals surface area contributed by atoms with Gasteiger partial charge in [-0.3, -0.25) is 4.79 Å². The first kappa shape index (κ1) is 25.9. The van der Waals surface area contributed by atoms with Gasteiger partial charge < -0.3 is 15.3 Å². The number of aryl methyl sites for hydroxylation is 1.